The highest BCUT2D eigenvalue weighted by Crippen LogP contribution is 2.28. The van der Waals surface area contributed by atoms with E-state index in [2.05, 4.69) is 21.4 Å². The van der Waals surface area contributed by atoms with Crippen LogP contribution in [0.5, 0.6) is 0 Å². The predicted molar refractivity (Wildman–Crippen MR) is 82.3 cm³/mol. The Hall–Kier alpha value is -1.53. The Balaban J connectivity index is 2.01. The number of hydrogen-bond donors (Lipinski definition) is 2. The Morgan fingerprint density at radius 3 is 3.00 bits per heavy atom. The molecule has 3 rings (SSSR count). The van der Waals surface area contributed by atoms with Crippen molar-refractivity contribution in [1.82, 2.24) is 9.97 Å². The molecule has 0 amide bonds. The summed E-state index contributed by atoms with van der Waals surface area (Å²) in [5.74, 6) is 0.725. The summed E-state index contributed by atoms with van der Waals surface area (Å²) in [5.41, 5.74) is 9.03. The Kier molecular flexibility index (Phi) is 3.20. The molecule has 0 atom stereocenters. The molecule has 2 aromatic heterocycles. The van der Waals surface area contributed by atoms with Gasteiger partial charge in [0.15, 0.2) is 5.13 Å². The fraction of sp³-hybridized carbons (Fsp3) is 0.308. The second kappa shape index (κ2) is 4.86. The molecule has 0 radical (unpaired) electrons. The van der Waals surface area contributed by atoms with Crippen LogP contribution >= 0.6 is 23.6 Å². The maximum Gasteiger partial charge on any atom is 0.188 e. The summed E-state index contributed by atoms with van der Waals surface area (Å²) in [6.07, 6.45) is 5.08. The van der Waals surface area contributed by atoms with Gasteiger partial charge >= 0.3 is 0 Å². The van der Waals surface area contributed by atoms with Gasteiger partial charge in [0.2, 0.25) is 0 Å². The lowest BCUT2D eigenvalue weighted by Crippen LogP contribution is -2.14. The maximum atomic E-state index is 5.80. The van der Waals surface area contributed by atoms with Gasteiger partial charge in [0, 0.05) is 16.8 Å². The minimum Gasteiger partial charge on any atom is -0.389 e. The highest BCUT2D eigenvalue weighted by atomic mass is 32.1. The normalized spacial score (nSPS) is 13.3. The first-order valence-corrected chi connectivity index (χ1v) is 7.38. The zero-order chi connectivity index (χ0) is 13.4. The van der Waals surface area contributed by atoms with Gasteiger partial charge in [0.05, 0.1) is 5.56 Å². The van der Waals surface area contributed by atoms with Crippen LogP contribution in [0, 0.1) is 6.92 Å². The quantitative estimate of drug-likeness (QED) is 0.851. The zero-order valence-electron chi connectivity index (χ0n) is 10.6. The number of pyridine rings is 1. The standard InChI is InChI=1S/C13H14N4S2/c1-7-6-15-13(19-7)17-12-9(11(14)18)5-8-3-2-4-10(8)16-12/h5-6H,2-4H2,1H3,(H2,14,18)(H,15,16,17). The van der Waals surface area contributed by atoms with E-state index in [1.807, 2.05) is 13.1 Å². The van der Waals surface area contributed by atoms with E-state index in [0.29, 0.717) is 4.99 Å². The van der Waals surface area contributed by atoms with Crippen molar-refractivity contribution in [2.24, 2.45) is 5.73 Å². The second-order valence-corrected chi connectivity index (χ2v) is 6.28. The molecule has 1 aliphatic carbocycles. The third-order valence-corrected chi connectivity index (χ3v) is 4.21. The minimum atomic E-state index is 0.373. The Morgan fingerprint density at radius 2 is 2.32 bits per heavy atom. The van der Waals surface area contributed by atoms with Crippen LogP contribution in [0.25, 0.3) is 0 Å². The van der Waals surface area contributed by atoms with E-state index in [0.717, 1.165) is 46.3 Å². The van der Waals surface area contributed by atoms with Gasteiger partial charge in [-0.1, -0.05) is 12.2 Å². The number of nitrogens with two attached hydrogens (primary N) is 1. The van der Waals surface area contributed by atoms with Crippen LogP contribution in [-0.4, -0.2) is 15.0 Å². The molecule has 0 saturated carbocycles. The molecule has 0 aromatic carbocycles. The van der Waals surface area contributed by atoms with E-state index in [1.54, 1.807) is 11.3 Å². The van der Waals surface area contributed by atoms with Gasteiger partial charge in [-0.25, -0.2) is 9.97 Å². The summed E-state index contributed by atoms with van der Waals surface area (Å²) in [7, 11) is 0. The highest BCUT2D eigenvalue weighted by molar-refractivity contribution is 7.80. The van der Waals surface area contributed by atoms with Gasteiger partial charge in [0.25, 0.3) is 0 Å². The van der Waals surface area contributed by atoms with Crippen LogP contribution < -0.4 is 11.1 Å². The molecular formula is C13H14N4S2. The molecule has 6 heteroatoms. The van der Waals surface area contributed by atoms with Crippen LogP contribution in [0.4, 0.5) is 10.9 Å². The number of hydrogen-bond acceptors (Lipinski definition) is 5. The number of rotatable bonds is 3. The third-order valence-electron chi connectivity index (χ3n) is 3.16. The van der Waals surface area contributed by atoms with Crippen molar-refractivity contribution in [3.63, 3.8) is 0 Å². The van der Waals surface area contributed by atoms with Gasteiger partial charge in [-0.3, -0.25) is 0 Å². The largest absolute Gasteiger partial charge is 0.389 e. The van der Waals surface area contributed by atoms with Gasteiger partial charge in [-0.2, -0.15) is 0 Å². The molecule has 0 fully saturated rings. The Labute approximate surface area is 121 Å². The SMILES string of the molecule is Cc1cnc(Nc2nc3c(cc2C(N)=S)CCC3)s1. The molecule has 1 aliphatic rings. The minimum absolute atomic E-state index is 0.373. The fourth-order valence-corrected chi connectivity index (χ4v) is 3.09. The smallest absolute Gasteiger partial charge is 0.188 e. The number of aryl methyl sites for hydroxylation is 3. The number of thiocarbonyl (C=S) groups is 1. The summed E-state index contributed by atoms with van der Waals surface area (Å²) >= 11 is 6.71. The van der Waals surface area contributed by atoms with E-state index in [1.165, 1.54) is 5.56 Å². The van der Waals surface area contributed by atoms with Crippen molar-refractivity contribution in [3.8, 4) is 0 Å². The molecule has 0 spiro atoms. The van der Waals surface area contributed by atoms with Crippen LogP contribution in [0.2, 0.25) is 0 Å². The second-order valence-electron chi connectivity index (χ2n) is 4.61. The number of fused-ring (bicyclic) bond motifs is 1. The predicted octanol–water partition coefficient (Wildman–Crippen LogP) is 2.71. The molecule has 0 saturated heterocycles. The number of thiazole rings is 1. The van der Waals surface area contributed by atoms with Crippen molar-refractivity contribution in [2.45, 2.75) is 26.2 Å². The number of nitrogens with one attached hydrogen (secondary N) is 1. The van der Waals surface area contributed by atoms with Crippen molar-refractivity contribution >= 4 is 39.5 Å². The topological polar surface area (TPSA) is 63.8 Å². The van der Waals surface area contributed by atoms with Crippen molar-refractivity contribution in [1.29, 1.82) is 0 Å². The van der Waals surface area contributed by atoms with E-state index in [9.17, 15) is 0 Å². The van der Waals surface area contributed by atoms with Crippen LogP contribution in [-0.2, 0) is 12.8 Å². The summed E-state index contributed by atoms with van der Waals surface area (Å²) in [6.45, 7) is 2.02. The average Bonchev–Trinajstić information content (AvgIpc) is 2.96. The molecule has 4 nitrogen and oxygen atoms in total. The van der Waals surface area contributed by atoms with E-state index in [4.69, 9.17) is 18.0 Å². The van der Waals surface area contributed by atoms with E-state index in [-0.39, 0.29) is 0 Å². The molecule has 2 aromatic rings. The van der Waals surface area contributed by atoms with E-state index >= 15 is 0 Å². The fourth-order valence-electron chi connectivity index (χ4n) is 2.27. The van der Waals surface area contributed by atoms with Crippen molar-refractivity contribution in [3.05, 3.63) is 34.0 Å². The third kappa shape index (κ3) is 2.46. The average molecular weight is 290 g/mol. The summed E-state index contributed by atoms with van der Waals surface area (Å²) in [6, 6.07) is 2.07. The van der Waals surface area contributed by atoms with Gasteiger partial charge < -0.3 is 11.1 Å². The van der Waals surface area contributed by atoms with Crippen LogP contribution in [0.3, 0.4) is 0 Å². The summed E-state index contributed by atoms with van der Waals surface area (Å²) in [5, 5.41) is 4.05. The molecule has 0 bridgehead atoms. The highest BCUT2D eigenvalue weighted by Gasteiger charge is 2.18. The van der Waals surface area contributed by atoms with E-state index < -0.39 is 0 Å². The monoisotopic (exact) mass is 290 g/mol. The molecule has 98 valence electrons. The van der Waals surface area contributed by atoms with Crippen molar-refractivity contribution < 1.29 is 0 Å². The molecule has 3 N–H and O–H groups in total. The molecular weight excluding hydrogens is 276 g/mol. The van der Waals surface area contributed by atoms with Gasteiger partial charge in [-0.05, 0) is 37.8 Å². The number of anilines is 2. The molecule has 0 unspecified atom stereocenters. The summed E-state index contributed by atoms with van der Waals surface area (Å²) < 4.78 is 0. The first-order chi connectivity index (χ1) is 9.13. The Bertz CT molecular complexity index is 648. The van der Waals surface area contributed by atoms with Gasteiger partial charge in [0.1, 0.15) is 10.8 Å². The number of aromatic nitrogens is 2. The molecule has 2 heterocycles. The van der Waals surface area contributed by atoms with Gasteiger partial charge in [-0.15, -0.1) is 11.3 Å². The first kappa shape index (κ1) is 12.5. The molecule has 0 aliphatic heterocycles. The lowest BCUT2D eigenvalue weighted by Gasteiger charge is -2.10. The maximum absolute atomic E-state index is 5.80. The lowest BCUT2D eigenvalue weighted by molar-refractivity contribution is 0.900. The first-order valence-electron chi connectivity index (χ1n) is 6.15. The van der Waals surface area contributed by atoms with Crippen molar-refractivity contribution in [2.75, 3.05) is 5.32 Å². The number of nitrogens with zero attached hydrogens (tertiary/aromatic N) is 2. The zero-order valence-corrected chi connectivity index (χ0v) is 12.2. The Morgan fingerprint density at radius 1 is 1.47 bits per heavy atom. The molecule has 19 heavy (non-hydrogen) atoms. The lowest BCUT2D eigenvalue weighted by atomic mass is 10.1. The van der Waals surface area contributed by atoms with Crippen LogP contribution in [0.15, 0.2) is 12.3 Å². The van der Waals surface area contributed by atoms with Crippen LogP contribution in [0.1, 0.15) is 28.1 Å². The summed E-state index contributed by atoms with van der Waals surface area (Å²) in [4.78, 5) is 10.5.